The maximum absolute atomic E-state index is 13.1. The zero-order valence-electron chi connectivity index (χ0n) is 9.87. The minimum absolute atomic E-state index is 0.0470. The van der Waals surface area contributed by atoms with Crippen molar-refractivity contribution in [2.24, 2.45) is 0 Å². The maximum atomic E-state index is 13.1. The molecule has 1 aliphatic rings. The second-order valence-electron chi connectivity index (χ2n) is 5.04. The molecule has 0 bridgehead atoms. The van der Waals surface area contributed by atoms with Gasteiger partial charge in [-0.15, -0.1) is 0 Å². The Morgan fingerprint density at radius 2 is 2.29 bits per heavy atom. The molecular weight excluding hydrogens is 223 g/mol. The van der Waals surface area contributed by atoms with Crippen molar-refractivity contribution in [3.63, 3.8) is 0 Å². The van der Waals surface area contributed by atoms with E-state index in [9.17, 15) is 9.18 Å². The lowest BCUT2D eigenvalue weighted by atomic mass is 9.82. The van der Waals surface area contributed by atoms with E-state index in [1.54, 1.807) is 6.07 Å². The van der Waals surface area contributed by atoms with Gasteiger partial charge in [0.25, 0.3) is 0 Å². The summed E-state index contributed by atoms with van der Waals surface area (Å²) in [7, 11) is 0. The molecule has 1 N–H and O–H groups in total. The summed E-state index contributed by atoms with van der Waals surface area (Å²) < 4.78 is 18.8. The van der Waals surface area contributed by atoms with Gasteiger partial charge in [0.15, 0.2) is 0 Å². The topological polar surface area (TPSA) is 46.5 Å². The van der Waals surface area contributed by atoms with E-state index in [0.717, 1.165) is 5.56 Å². The van der Waals surface area contributed by atoms with Crippen molar-refractivity contribution in [2.45, 2.75) is 38.2 Å². The van der Waals surface area contributed by atoms with Crippen molar-refractivity contribution >= 4 is 5.97 Å². The highest BCUT2D eigenvalue weighted by molar-refractivity contribution is 5.68. The lowest BCUT2D eigenvalue weighted by Crippen LogP contribution is -2.35. The standard InChI is InChI=1S/C13H15FO3/c1-13(2)7-8(5-12(15)16)10-4-3-9(14)6-11(10)17-13/h3-4,6,8H,5,7H2,1-2H3,(H,15,16). The van der Waals surface area contributed by atoms with Gasteiger partial charge in [-0.25, -0.2) is 4.39 Å². The largest absolute Gasteiger partial charge is 0.487 e. The second-order valence-corrected chi connectivity index (χ2v) is 5.04. The van der Waals surface area contributed by atoms with Gasteiger partial charge >= 0.3 is 5.97 Å². The van der Waals surface area contributed by atoms with Crippen LogP contribution in [0.1, 0.15) is 38.2 Å². The van der Waals surface area contributed by atoms with Crippen LogP contribution in [-0.4, -0.2) is 16.7 Å². The molecule has 0 aliphatic carbocycles. The van der Waals surface area contributed by atoms with E-state index in [-0.39, 0.29) is 18.2 Å². The van der Waals surface area contributed by atoms with E-state index in [2.05, 4.69) is 0 Å². The third-order valence-corrected chi connectivity index (χ3v) is 2.96. The number of hydrogen-bond donors (Lipinski definition) is 1. The zero-order valence-corrected chi connectivity index (χ0v) is 9.87. The number of halogens is 1. The summed E-state index contributed by atoms with van der Waals surface area (Å²) in [5.41, 5.74) is 0.328. The first-order chi connectivity index (χ1) is 7.87. The van der Waals surface area contributed by atoms with E-state index in [1.165, 1.54) is 12.1 Å². The lowest BCUT2D eigenvalue weighted by Gasteiger charge is -2.37. The molecule has 1 heterocycles. The van der Waals surface area contributed by atoms with Crippen LogP contribution in [0.4, 0.5) is 4.39 Å². The highest BCUT2D eigenvalue weighted by Crippen LogP contribution is 2.42. The van der Waals surface area contributed by atoms with Crippen LogP contribution in [-0.2, 0) is 4.79 Å². The molecule has 3 nitrogen and oxygen atoms in total. The van der Waals surface area contributed by atoms with Crippen LogP contribution in [0.25, 0.3) is 0 Å². The van der Waals surface area contributed by atoms with Crippen LogP contribution in [0.3, 0.4) is 0 Å². The molecule has 0 saturated heterocycles. The number of carboxylic acids is 1. The number of benzene rings is 1. The number of carboxylic acid groups (broad SMARTS) is 1. The number of rotatable bonds is 2. The van der Waals surface area contributed by atoms with Crippen LogP contribution in [0, 0.1) is 5.82 Å². The first-order valence-electron chi connectivity index (χ1n) is 5.58. The molecule has 17 heavy (non-hydrogen) atoms. The number of hydrogen-bond acceptors (Lipinski definition) is 2. The third kappa shape index (κ3) is 2.57. The quantitative estimate of drug-likeness (QED) is 0.861. The van der Waals surface area contributed by atoms with Gasteiger partial charge < -0.3 is 9.84 Å². The van der Waals surface area contributed by atoms with Crippen LogP contribution in [0.2, 0.25) is 0 Å². The molecule has 2 rings (SSSR count). The molecule has 0 spiro atoms. The molecule has 0 saturated carbocycles. The summed E-state index contributed by atoms with van der Waals surface area (Å²) in [4.78, 5) is 10.8. The number of aliphatic carboxylic acids is 1. The Morgan fingerprint density at radius 1 is 1.59 bits per heavy atom. The molecule has 0 radical (unpaired) electrons. The predicted molar refractivity (Wildman–Crippen MR) is 60.7 cm³/mol. The normalized spacial score (nSPS) is 21.5. The predicted octanol–water partition coefficient (Wildman–Crippen LogP) is 2.95. The molecule has 1 aromatic rings. The fourth-order valence-corrected chi connectivity index (χ4v) is 2.37. The third-order valence-electron chi connectivity index (χ3n) is 2.96. The van der Waals surface area contributed by atoms with Gasteiger partial charge in [0, 0.05) is 12.0 Å². The minimum Gasteiger partial charge on any atom is -0.487 e. The summed E-state index contributed by atoms with van der Waals surface area (Å²) in [6.45, 7) is 3.77. The van der Waals surface area contributed by atoms with E-state index < -0.39 is 11.6 Å². The molecule has 1 atom stereocenters. The van der Waals surface area contributed by atoms with E-state index in [4.69, 9.17) is 9.84 Å². The molecule has 1 aliphatic heterocycles. The van der Waals surface area contributed by atoms with Crippen LogP contribution in [0.5, 0.6) is 5.75 Å². The Morgan fingerprint density at radius 3 is 2.94 bits per heavy atom. The Hall–Kier alpha value is -1.58. The highest BCUT2D eigenvalue weighted by atomic mass is 19.1. The Kier molecular flexibility index (Phi) is 2.81. The monoisotopic (exact) mass is 238 g/mol. The first-order valence-corrected chi connectivity index (χ1v) is 5.58. The zero-order chi connectivity index (χ0) is 12.6. The number of ether oxygens (including phenoxy) is 1. The lowest BCUT2D eigenvalue weighted by molar-refractivity contribution is -0.137. The van der Waals surface area contributed by atoms with E-state index >= 15 is 0 Å². The average molecular weight is 238 g/mol. The molecule has 1 unspecified atom stereocenters. The van der Waals surface area contributed by atoms with Crippen molar-refractivity contribution in [3.8, 4) is 5.75 Å². The van der Waals surface area contributed by atoms with E-state index in [0.29, 0.717) is 12.2 Å². The summed E-state index contributed by atoms with van der Waals surface area (Å²) in [6.07, 6.45) is 0.670. The first kappa shape index (κ1) is 11.9. The molecule has 4 heteroatoms. The summed E-state index contributed by atoms with van der Waals surface area (Å²) in [5, 5.41) is 8.90. The average Bonchev–Trinajstić information content (AvgIpc) is 2.13. The van der Waals surface area contributed by atoms with Gasteiger partial charge in [-0.3, -0.25) is 4.79 Å². The number of carbonyl (C=O) groups is 1. The fourth-order valence-electron chi connectivity index (χ4n) is 2.37. The van der Waals surface area contributed by atoms with Crippen molar-refractivity contribution < 1.29 is 19.0 Å². The maximum Gasteiger partial charge on any atom is 0.303 e. The molecule has 0 amide bonds. The smallest absolute Gasteiger partial charge is 0.303 e. The summed E-state index contributed by atoms with van der Waals surface area (Å²) in [6, 6.07) is 4.29. The number of fused-ring (bicyclic) bond motifs is 1. The van der Waals surface area contributed by atoms with Gasteiger partial charge in [-0.05, 0) is 31.9 Å². The van der Waals surface area contributed by atoms with Gasteiger partial charge in [-0.1, -0.05) is 6.07 Å². The summed E-state index contributed by atoms with van der Waals surface area (Å²) in [5.74, 6) is -0.863. The van der Waals surface area contributed by atoms with Gasteiger partial charge in [0.2, 0.25) is 0 Å². The Labute approximate surface area is 99.2 Å². The van der Waals surface area contributed by atoms with Gasteiger partial charge in [-0.2, -0.15) is 0 Å². The van der Waals surface area contributed by atoms with Crippen molar-refractivity contribution in [1.82, 2.24) is 0 Å². The SMILES string of the molecule is CC1(C)CC(CC(=O)O)c2ccc(F)cc2O1. The Balaban J connectivity index is 2.40. The Bertz CT molecular complexity index is 454. The van der Waals surface area contributed by atoms with Gasteiger partial charge in [0.1, 0.15) is 17.2 Å². The molecule has 0 fully saturated rings. The van der Waals surface area contributed by atoms with Crippen LogP contribution < -0.4 is 4.74 Å². The van der Waals surface area contributed by atoms with Crippen molar-refractivity contribution in [2.75, 3.05) is 0 Å². The van der Waals surface area contributed by atoms with Crippen molar-refractivity contribution in [3.05, 3.63) is 29.6 Å². The van der Waals surface area contributed by atoms with Crippen LogP contribution in [0.15, 0.2) is 18.2 Å². The van der Waals surface area contributed by atoms with Crippen molar-refractivity contribution in [1.29, 1.82) is 0 Å². The van der Waals surface area contributed by atoms with Crippen LogP contribution >= 0.6 is 0 Å². The molecule has 1 aromatic carbocycles. The van der Waals surface area contributed by atoms with E-state index in [1.807, 2.05) is 13.8 Å². The molecule has 92 valence electrons. The molecule has 0 aromatic heterocycles. The second kappa shape index (κ2) is 4.02. The van der Waals surface area contributed by atoms with Gasteiger partial charge in [0.05, 0.1) is 6.42 Å². The molecular formula is C13H15FO3. The highest BCUT2D eigenvalue weighted by Gasteiger charge is 2.34. The minimum atomic E-state index is -0.844. The summed E-state index contributed by atoms with van der Waals surface area (Å²) >= 11 is 0. The fraction of sp³-hybridized carbons (Fsp3) is 0.462.